The fourth-order valence-corrected chi connectivity index (χ4v) is 2.91. The van der Waals surface area contributed by atoms with Gasteiger partial charge in [0, 0.05) is 43.2 Å². The van der Waals surface area contributed by atoms with Crippen molar-refractivity contribution in [3.63, 3.8) is 0 Å². The number of carbonyl (C=O) groups is 1. The van der Waals surface area contributed by atoms with Gasteiger partial charge in [0.2, 0.25) is 0 Å². The van der Waals surface area contributed by atoms with Gasteiger partial charge in [-0.1, -0.05) is 0 Å². The van der Waals surface area contributed by atoms with Crippen LogP contribution in [0.25, 0.3) is 0 Å². The average molecular weight is 277 g/mol. The third kappa shape index (κ3) is 2.15. The van der Waals surface area contributed by atoms with Gasteiger partial charge in [0.1, 0.15) is 0 Å². The minimum absolute atomic E-state index is 0.115. The van der Waals surface area contributed by atoms with E-state index < -0.39 is 0 Å². The molecule has 1 amide bonds. The lowest BCUT2D eigenvalue weighted by atomic mass is 10.1. The summed E-state index contributed by atoms with van der Waals surface area (Å²) in [6, 6.07) is 0. The molecule has 100 valence electrons. The highest BCUT2D eigenvalue weighted by molar-refractivity contribution is 7.14. The predicted molar refractivity (Wildman–Crippen MR) is 73.6 cm³/mol. The molecule has 0 aromatic carbocycles. The molecule has 1 aliphatic rings. The number of nitrogens with zero attached hydrogens (tertiary/aromatic N) is 3. The molecule has 1 aliphatic heterocycles. The number of carbonyl (C=O) groups excluding carboxylic acids is 1. The maximum absolute atomic E-state index is 12.5. The minimum atomic E-state index is -0.115. The molecular weight excluding hydrogens is 262 g/mol. The molecule has 6 nitrogen and oxygen atoms in total. The first-order chi connectivity index (χ1) is 9.16. The fourth-order valence-electron chi connectivity index (χ4n) is 2.14. The normalized spacial score (nSPS) is 14.2. The van der Waals surface area contributed by atoms with Crippen molar-refractivity contribution in [3.8, 4) is 0 Å². The number of rotatable bonds is 2. The summed E-state index contributed by atoms with van der Waals surface area (Å²) in [5.74, 6) is -0.115. The first-order valence-electron chi connectivity index (χ1n) is 6.14. The van der Waals surface area contributed by atoms with E-state index in [-0.39, 0.29) is 5.91 Å². The molecule has 0 radical (unpaired) electrons. The van der Waals surface area contributed by atoms with Crippen LogP contribution < -0.4 is 10.2 Å². The number of anilines is 1. The zero-order valence-corrected chi connectivity index (χ0v) is 11.7. The smallest absolute Gasteiger partial charge is 0.280 e. The van der Waals surface area contributed by atoms with E-state index >= 15 is 0 Å². The van der Waals surface area contributed by atoms with Crippen molar-refractivity contribution >= 4 is 22.4 Å². The second-order valence-corrected chi connectivity index (χ2v) is 5.43. The number of H-pyrrole nitrogens is 1. The first kappa shape index (κ1) is 12.3. The van der Waals surface area contributed by atoms with Crippen LogP contribution in [0, 0.1) is 6.92 Å². The summed E-state index contributed by atoms with van der Waals surface area (Å²) in [6.45, 7) is 3.53. The number of aromatic amines is 1. The van der Waals surface area contributed by atoms with Crippen molar-refractivity contribution in [3.05, 3.63) is 28.0 Å². The molecule has 0 saturated heterocycles. The monoisotopic (exact) mass is 277 g/mol. The first-order valence-corrected chi connectivity index (χ1v) is 7.02. The Balaban J connectivity index is 1.89. The predicted octanol–water partition coefficient (Wildman–Crippen LogP) is 1.10. The number of hydrogen-bond acceptors (Lipinski definition) is 5. The van der Waals surface area contributed by atoms with Crippen LogP contribution in [0.15, 0.2) is 5.38 Å². The van der Waals surface area contributed by atoms with Crippen LogP contribution in [0.2, 0.25) is 0 Å². The van der Waals surface area contributed by atoms with Crippen LogP contribution >= 0.6 is 11.3 Å². The lowest BCUT2D eigenvalue weighted by molar-refractivity contribution is 0.0987. The van der Waals surface area contributed by atoms with Crippen molar-refractivity contribution < 1.29 is 4.79 Å². The van der Waals surface area contributed by atoms with E-state index in [4.69, 9.17) is 0 Å². The maximum Gasteiger partial charge on any atom is 0.280 e. The van der Waals surface area contributed by atoms with Crippen LogP contribution in [0.4, 0.5) is 5.13 Å². The molecule has 0 fully saturated rings. The van der Waals surface area contributed by atoms with E-state index in [1.165, 1.54) is 11.3 Å². The summed E-state index contributed by atoms with van der Waals surface area (Å²) in [6.07, 6.45) is 0.885. The molecule has 0 saturated carbocycles. The lowest BCUT2D eigenvalue weighted by Crippen LogP contribution is -2.30. The van der Waals surface area contributed by atoms with E-state index in [0.717, 1.165) is 29.9 Å². The Kier molecular flexibility index (Phi) is 3.08. The number of fused-ring (bicyclic) bond motifs is 1. The number of aromatic nitrogens is 3. The van der Waals surface area contributed by atoms with E-state index in [9.17, 15) is 4.79 Å². The Morgan fingerprint density at radius 1 is 1.53 bits per heavy atom. The molecule has 0 spiro atoms. The molecule has 2 N–H and O–H groups in total. The van der Waals surface area contributed by atoms with Gasteiger partial charge >= 0.3 is 0 Å². The van der Waals surface area contributed by atoms with Gasteiger partial charge in [-0.15, -0.1) is 11.3 Å². The zero-order chi connectivity index (χ0) is 13.4. The molecule has 0 atom stereocenters. The highest BCUT2D eigenvalue weighted by Gasteiger charge is 2.25. The average Bonchev–Trinajstić information content (AvgIpc) is 3.03. The third-order valence-corrected chi connectivity index (χ3v) is 4.24. The van der Waals surface area contributed by atoms with Crippen molar-refractivity contribution in [1.82, 2.24) is 20.5 Å². The van der Waals surface area contributed by atoms with Crippen molar-refractivity contribution in [2.45, 2.75) is 19.9 Å². The molecule has 3 rings (SSSR count). The largest absolute Gasteiger partial charge is 0.312 e. The number of nitrogens with one attached hydrogen (secondary N) is 2. The van der Waals surface area contributed by atoms with Crippen molar-refractivity contribution in [2.24, 2.45) is 0 Å². The maximum atomic E-state index is 12.5. The molecule has 3 heterocycles. The Morgan fingerprint density at radius 3 is 3.11 bits per heavy atom. The van der Waals surface area contributed by atoms with Crippen molar-refractivity contribution in [1.29, 1.82) is 0 Å². The zero-order valence-electron chi connectivity index (χ0n) is 10.9. The quantitative estimate of drug-likeness (QED) is 0.862. The number of aryl methyl sites for hydroxylation is 1. The number of hydrogen-bond donors (Lipinski definition) is 2. The van der Waals surface area contributed by atoms with Crippen LogP contribution in [0.5, 0.6) is 0 Å². The van der Waals surface area contributed by atoms with Crippen molar-refractivity contribution in [2.75, 3.05) is 18.5 Å². The number of amides is 1. The molecular formula is C12H15N5OS. The highest BCUT2D eigenvalue weighted by atomic mass is 32.1. The topological polar surface area (TPSA) is 73.9 Å². The van der Waals surface area contributed by atoms with E-state index in [1.807, 2.05) is 12.3 Å². The van der Waals surface area contributed by atoms with Crippen LogP contribution in [-0.2, 0) is 13.0 Å². The molecule has 0 unspecified atom stereocenters. The van der Waals surface area contributed by atoms with Gasteiger partial charge in [-0.05, 0) is 6.92 Å². The molecule has 19 heavy (non-hydrogen) atoms. The second-order valence-electron chi connectivity index (χ2n) is 4.59. The fraction of sp³-hybridized carbons (Fsp3) is 0.417. The summed E-state index contributed by atoms with van der Waals surface area (Å²) in [7, 11) is 1.73. The van der Waals surface area contributed by atoms with Gasteiger partial charge in [-0.3, -0.25) is 14.8 Å². The summed E-state index contributed by atoms with van der Waals surface area (Å²) in [5.41, 5.74) is 3.46. The van der Waals surface area contributed by atoms with E-state index in [0.29, 0.717) is 17.4 Å². The molecule has 2 aromatic rings. The standard InChI is InChI=1S/C12H15N5OS/c1-7-6-19-12(14-7)17(2)11(18)10-8-5-13-4-3-9(8)15-16-10/h6,13H,3-5H2,1-2H3,(H,15,16). The van der Waals surface area contributed by atoms with Gasteiger partial charge in [-0.25, -0.2) is 4.98 Å². The van der Waals surface area contributed by atoms with Crippen LogP contribution in [-0.4, -0.2) is 34.7 Å². The second kappa shape index (κ2) is 4.75. The molecule has 0 aliphatic carbocycles. The Morgan fingerprint density at radius 2 is 2.37 bits per heavy atom. The SMILES string of the molecule is Cc1csc(N(C)C(=O)c2n[nH]c3c2CNCC3)n1. The Labute approximate surface area is 114 Å². The highest BCUT2D eigenvalue weighted by Crippen LogP contribution is 2.22. The Hall–Kier alpha value is -1.73. The van der Waals surface area contributed by atoms with Gasteiger partial charge in [-0.2, -0.15) is 5.10 Å². The lowest BCUT2D eigenvalue weighted by Gasteiger charge is -2.16. The third-order valence-electron chi connectivity index (χ3n) is 3.21. The molecule has 2 aromatic heterocycles. The summed E-state index contributed by atoms with van der Waals surface area (Å²) in [5, 5.41) is 13.0. The molecule has 7 heteroatoms. The summed E-state index contributed by atoms with van der Waals surface area (Å²) in [4.78, 5) is 18.4. The summed E-state index contributed by atoms with van der Waals surface area (Å²) < 4.78 is 0. The van der Waals surface area contributed by atoms with Gasteiger partial charge < -0.3 is 5.32 Å². The van der Waals surface area contributed by atoms with Crippen LogP contribution in [0.3, 0.4) is 0 Å². The van der Waals surface area contributed by atoms with Gasteiger partial charge in [0.15, 0.2) is 10.8 Å². The number of thiazole rings is 1. The van der Waals surface area contributed by atoms with Crippen LogP contribution in [0.1, 0.15) is 27.4 Å². The minimum Gasteiger partial charge on any atom is -0.312 e. The van der Waals surface area contributed by atoms with Gasteiger partial charge in [0.25, 0.3) is 5.91 Å². The van der Waals surface area contributed by atoms with Gasteiger partial charge in [0.05, 0.1) is 5.69 Å². The molecule has 0 bridgehead atoms. The van der Waals surface area contributed by atoms with E-state index in [2.05, 4.69) is 20.5 Å². The Bertz CT molecular complexity index is 617. The van der Waals surface area contributed by atoms with E-state index in [1.54, 1.807) is 11.9 Å². The summed E-state index contributed by atoms with van der Waals surface area (Å²) >= 11 is 1.46.